The van der Waals surface area contributed by atoms with Crippen LogP contribution >= 0.6 is 0 Å². The van der Waals surface area contributed by atoms with Crippen LogP contribution in [0.2, 0.25) is 0 Å². The standard InChI is InChI=1S/C34H46O7/c1-6-7-8-9-10-11-16-37-32-25(4)18-30(19-26(32)5)28-14-15-31(39-21-27-22-40-34(36)41-23-27)29(20-28)13-12-17-38-33(35)24(2)3/h14-15,18-20,27H,2,6-13,16-17,21-23H2,1,3-5H3. The number of carbonyl (C=O) groups excluding carboxylic acids is 2. The third kappa shape index (κ3) is 10.5. The average molecular weight is 567 g/mol. The van der Waals surface area contributed by atoms with Gasteiger partial charge in [-0.15, -0.1) is 0 Å². The molecule has 41 heavy (non-hydrogen) atoms. The van der Waals surface area contributed by atoms with Crippen molar-refractivity contribution in [2.45, 2.75) is 79.1 Å². The number of cyclic esters (lactones) is 2. The van der Waals surface area contributed by atoms with Crippen LogP contribution < -0.4 is 9.47 Å². The summed E-state index contributed by atoms with van der Waals surface area (Å²) in [5.41, 5.74) is 5.83. The summed E-state index contributed by atoms with van der Waals surface area (Å²) >= 11 is 0. The van der Waals surface area contributed by atoms with Gasteiger partial charge >= 0.3 is 12.1 Å². The summed E-state index contributed by atoms with van der Waals surface area (Å²) in [4.78, 5) is 23.0. The van der Waals surface area contributed by atoms with Crippen molar-refractivity contribution < 1.29 is 33.3 Å². The Kier molecular flexibility index (Phi) is 13.1. The van der Waals surface area contributed by atoms with E-state index in [1.165, 1.54) is 32.1 Å². The van der Waals surface area contributed by atoms with Gasteiger partial charge in [0.05, 0.1) is 25.7 Å². The molecule has 7 nitrogen and oxygen atoms in total. The first-order valence-electron chi connectivity index (χ1n) is 14.9. The molecule has 0 N–H and O–H groups in total. The van der Waals surface area contributed by atoms with Crippen LogP contribution in [0.15, 0.2) is 42.5 Å². The summed E-state index contributed by atoms with van der Waals surface area (Å²) in [7, 11) is 0. The van der Waals surface area contributed by atoms with E-state index >= 15 is 0 Å². The Morgan fingerprint density at radius 3 is 2.27 bits per heavy atom. The maximum absolute atomic E-state index is 11.8. The van der Waals surface area contributed by atoms with Crippen molar-refractivity contribution in [3.8, 4) is 22.6 Å². The van der Waals surface area contributed by atoms with Crippen molar-refractivity contribution in [3.05, 3.63) is 59.2 Å². The number of hydrogen-bond donors (Lipinski definition) is 0. The summed E-state index contributed by atoms with van der Waals surface area (Å²) in [6.07, 6.45) is 8.10. The SMILES string of the molecule is C=C(C)C(=O)OCCCc1cc(-c2cc(C)c(OCCCCCCCC)c(C)c2)ccc1OCC1COC(=O)OC1. The van der Waals surface area contributed by atoms with Gasteiger partial charge in [-0.25, -0.2) is 9.59 Å². The lowest BCUT2D eigenvalue weighted by Gasteiger charge is -2.23. The lowest BCUT2D eigenvalue weighted by atomic mass is 9.96. The second kappa shape index (κ2) is 16.7. The Hall–Kier alpha value is -3.48. The van der Waals surface area contributed by atoms with Crippen LogP contribution in [0.25, 0.3) is 11.1 Å². The Morgan fingerprint density at radius 2 is 1.59 bits per heavy atom. The second-order valence-electron chi connectivity index (χ2n) is 10.9. The molecule has 2 aromatic rings. The molecule has 1 fully saturated rings. The van der Waals surface area contributed by atoms with Crippen LogP contribution in [0.5, 0.6) is 11.5 Å². The molecule has 224 valence electrons. The van der Waals surface area contributed by atoms with E-state index < -0.39 is 6.16 Å². The van der Waals surface area contributed by atoms with Crippen molar-refractivity contribution in [1.82, 2.24) is 0 Å². The van der Waals surface area contributed by atoms with Crippen LogP contribution in [-0.4, -0.2) is 45.2 Å². The fraction of sp³-hybridized carbons (Fsp3) is 0.529. The molecule has 1 heterocycles. The molecule has 1 saturated heterocycles. The van der Waals surface area contributed by atoms with E-state index in [4.69, 9.17) is 23.7 Å². The average Bonchev–Trinajstić information content (AvgIpc) is 2.95. The number of rotatable bonds is 17. The number of carbonyl (C=O) groups is 2. The zero-order valence-electron chi connectivity index (χ0n) is 25.2. The second-order valence-corrected chi connectivity index (χ2v) is 10.9. The topological polar surface area (TPSA) is 80.3 Å². The van der Waals surface area contributed by atoms with Gasteiger partial charge in [-0.2, -0.15) is 0 Å². The fourth-order valence-electron chi connectivity index (χ4n) is 4.81. The normalized spacial score (nSPS) is 13.3. The number of ether oxygens (including phenoxy) is 5. The van der Waals surface area contributed by atoms with E-state index in [1.54, 1.807) is 6.92 Å². The molecule has 0 bridgehead atoms. The van der Waals surface area contributed by atoms with Crippen molar-refractivity contribution in [3.63, 3.8) is 0 Å². The summed E-state index contributed by atoms with van der Waals surface area (Å²) in [6, 6.07) is 10.5. The number of esters is 1. The Labute approximate surface area is 245 Å². The summed E-state index contributed by atoms with van der Waals surface area (Å²) in [5, 5.41) is 0. The van der Waals surface area contributed by atoms with Crippen molar-refractivity contribution in [2.24, 2.45) is 5.92 Å². The van der Waals surface area contributed by atoms with Crippen LogP contribution in [0, 0.1) is 19.8 Å². The summed E-state index contributed by atoms with van der Waals surface area (Å²) in [6.45, 7) is 13.7. The van der Waals surface area contributed by atoms with Gasteiger partial charge in [0.15, 0.2) is 0 Å². The molecule has 0 aliphatic carbocycles. The van der Waals surface area contributed by atoms with E-state index in [9.17, 15) is 9.59 Å². The molecule has 1 aliphatic heterocycles. The van der Waals surface area contributed by atoms with E-state index in [0.29, 0.717) is 31.6 Å². The lowest BCUT2D eigenvalue weighted by Crippen LogP contribution is -2.31. The minimum absolute atomic E-state index is 0.0362. The van der Waals surface area contributed by atoms with E-state index in [0.717, 1.165) is 52.3 Å². The van der Waals surface area contributed by atoms with Gasteiger partial charge in [0, 0.05) is 5.57 Å². The molecule has 1 aliphatic rings. The van der Waals surface area contributed by atoms with Gasteiger partial charge in [-0.05, 0) is 92.1 Å². The lowest BCUT2D eigenvalue weighted by molar-refractivity contribution is -0.139. The third-order valence-electron chi connectivity index (χ3n) is 7.12. The Balaban J connectivity index is 1.69. The molecule has 0 atom stereocenters. The number of aryl methyl sites for hydroxylation is 3. The summed E-state index contributed by atoms with van der Waals surface area (Å²) in [5.74, 6) is 1.30. The molecular weight excluding hydrogens is 520 g/mol. The first-order valence-corrected chi connectivity index (χ1v) is 14.9. The predicted molar refractivity (Wildman–Crippen MR) is 161 cm³/mol. The molecule has 0 radical (unpaired) electrons. The quantitative estimate of drug-likeness (QED) is 0.109. The monoisotopic (exact) mass is 566 g/mol. The van der Waals surface area contributed by atoms with E-state index in [-0.39, 0.29) is 25.1 Å². The molecular formula is C34H46O7. The van der Waals surface area contributed by atoms with Gasteiger partial charge in [0.2, 0.25) is 0 Å². The highest BCUT2D eigenvalue weighted by atomic mass is 16.7. The van der Waals surface area contributed by atoms with Crippen molar-refractivity contribution in [1.29, 1.82) is 0 Å². The van der Waals surface area contributed by atoms with Crippen LogP contribution in [0.1, 0.15) is 75.5 Å². The third-order valence-corrected chi connectivity index (χ3v) is 7.12. The molecule has 0 amide bonds. The summed E-state index contributed by atoms with van der Waals surface area (Å²) < 4.78 is 27.6. The minimum Gasteiger partial charge on any atom is -0.493 e. The van der Waals surface area contributed by atoms with Gasteiger partial charge in [-0.3, -0.25) is 0 Å². The number of hydrogen-bond acceptors (Lipinski definition) is 7. The van der Waals surface area contributed by atoms with Crippen LogP contribution in [-0.2, 0) is 25.4 Å². The molecule has 7 heteroatoms. The zero-order chi connectivity index (χ0) is 29.6. The fourth-order valence-corrected chi connectivity index (χ4v) is 4.81. The maximum Gasteiger partial charge on any atom is 0.508 e. The highest BCUT2D eigenvalue weighted by molar-refractivity contribution is 5.86. The highest BCUT2D eigenvalue weighted by Crippen LogP contribution is 2.33. The number of benzene rings is 2. The minimum atomic E-state index is -0.639. The van der Waals surface area contributed by atoms with Crippen LogP contribution in [0.4, 0.5) is 4.79 Å². The van der Waals surface area contributed by atoms with Crippen LogP contribution in [0.3, 0.4) is 0 Å². The molecule has 0 unspecified atom stereocenters. The van der Waals surface area contributed by atoms with Gasteiger partial charge in [-0.1, -0.05) is 51.7 Å². The van der Waals surface area contributed by atoms with E-state index in [2.05, 4.69) is 51.6 Å². The largest absolute Gasteiger partial charge is 0.508 e. The molecule has 0 saturated carbocycles. The maximum atomic E-state index is 11.8. The van der Waals surface area contributed by atoms with Crippen molar-refractivity contribution in [2.75, 3.05) is 33.0 Å². The first kappa shape index (κ1) is 32.0. The van der Waals surface area contributed by atoms with Crippen molar-refractivity contribution >= 4 is 12.1 Å². The first-order chi connectivity index (χ1) is 19.8. The Morgan fingerprint density at radius 1 is 0.902 bits per heavy atom. The molecule has 3 rings (SSSR count). The predicted octanol–water partition coefficient (Wildman–Crippen LogP) is 7.92. The van der Waals surface area contributed by atoms with Gasteiger partial charge < -0.3 is 23.7 Å². The molecule has 2 aromatic carbocycles. The number of unbranched alkanes of at least 4 members (excludes halogenated alkanes) is 5. The smallest absolute Gasteiger partial charge is 0.493 e. The molecule has 0 aromatic heterocycles. The van der Waals surface area contributed by atoms with Gasteiger partial charge in [0.1, 0.15) is 24.7 Å². The highest BCUT2D eigenvalue weighted by Gasteiger charge is 2.22. The zero-order valence-corrected chi connectivity index (χ0v) is 25.2. The Bertz CT molecular complexity index is 1140. The molecule has 0 spiro atoms. The van der Waals surface area contributed by atoms with E-state index in [1.807, 2.05) is 6.07 Å². The van der Waals surface area contributed by atoms with Gasteiger partial charge in [0.25, 0.3) is 0 Å².